The second-order valence-corrected chi connectivity index (χ2v) is 6.55. The molecule has 0 aromatic rings. The maximum Gasteiger partial charge on any atom is 0.187 e. The Balaban J connectivity index is 2.09. The smallest absolute Gasteiger partial charge is 0.187 e. The molecule has 2 fully saturated rings. The monoisotopic (exact) mass is 402 g/mol. The number of aliphatic hydroxyl groups excluding tert-OH is 7. The lowest BCUT2D eigenvalue weighted by molar-refractivity contribution is -0.359. The van der Waals surface area contributed by atoms with Gasteiger partial charge >= 0.3 is 0 Å². The van der Waals surface area contributed by atoms with E-state index >= 15 is 0 Å². The molecule has 0 spiro atoms. The van der Waals surface area contributed by atoms with Crippen LogP contribution in [0.2, 0.25) is 0 Å². The van der Waals surface area contributed by atoms with Crippen LogP contribution in [0.4, 0.5) is 0 Å². The van der Waals surface area contributed by atoms with Crippen molar-refractivity contribution >= 4 is 12.6 Å². The third-order valence-corrected chi connectivity index (χ3v) is 4.52. The summed E-state index contributed by atoms with van der Waals surface area (Å²) in [6.07, 6.45) is -14.5. The Morgan fingerprint density at radius 1 is 0.731 bits per heavy atom. The van der Waals surface area contributed by atoms with Gasteiger partial charge < -0.3 is 54.7 Å². The quantitative estimate of drug-likeness (QED) is 0.193. The van der Waals surface area contributed by atoms with Gasteiger partial charge in [0, 0.05) is 5.75 Å². The van der Waals surface area contributed by atoms with Crippen LogP contribution in [0.3, 0.4) is 0 Å². The fourth-order valence-electron chi connectivity index (χ4n) is 2.86. The van der Waals surface area contributed by atoms with Crippen LogP contribution in [-0.2, 0) is 18.9 Å². The van der Waals surface area contributed by atoms with Crippen LogP contribution in [0.15, 0.2) is 0 Å². The fraction of sp³-hybridized carbons (Fsp3) is 1.00. The number of aliphatic hydroxyl groups is 7. The molecule has 0 aliphatic carbocycles. The predicted octanol–water partition coefficient (Wildman–Crippen LogP) is -4.44. The van der Waals surface area contributed by atoms with E-state index in [4.69, 9.17) is 18.9 Å². The van der Waals surface area contributed by atoms with Crippen LogP contribution in [-0.4, -0.2) is 123 Å². The molecule has 11 nitrogen and oxygen atoms in total. The molecule has 0 radical (unpaired) electrons. The van der Waals surface area contributed by atoms with Crippen molar-refractivity contribution in [2.75, 3.05) is 25.6 Å². The van der Waals surface area contributed by atoms with Gasteiger partial charge in [-0.05, 0) is 0 Å². The van der Waals surface area contributed by atoms with Crippen molar-refractivity contribution in [3.63, 3.8) is 0 Å². The summed E-state index contributed by atoms with van der Waals surface area (Å²) in [5, 5.41) is 68.7. The second-order valence-electron chi connectivity index (χ2n) is 6.10. The highest BCUT2D eigenvalue weighted by molar-refractivity contribution is 7.80. The molecule has 2 aliphatic heterocycles. The number of rotatable bonds is 7. The lowest BCUT2D eigenvalue weighted by atomic mass is 9.97. The van der Waals surface area contributed by atoms with Gasteiger partial charge in [0.2, 0.25) is 0 Å². The van der Waals surface area contributed by atoms with E-state index in [0.29, 0.717) is 5.75 Å². The zero-order valence-electron chi connectivity index (χ0n) is 13.8. The van der Waals surface area contributed by atoms with Gasteiger partial charge in [-0.1, -0.05) is 0 Å². The Kier molecular flexibility index (Phi) is 8.46. The molecule has 2 aliphatic rings. The van der Waals surface area contributed by atoms with Crippen molar-refractivity contribution in [2.45, 2.75) is 61.4 Å². The molecule has 4 unspecified atom stereocenters. The molecule has 26 heavy (non-hydrogen) atoms. The molecule has 12 heteroatoms. The number of thiol groups is 1. The molecular weight excluding hydrogens is 376 g/mol. The largest absolute Gasteiger partial charge is 0.394 e. The molecule has 2 saturated heterocycles. The minimum atomic E-state index is -1.70. The van der Waals surface area contributed by atoms with Crippen LogP contribution >= 0.6 is 12.6 Å². The van der Waals surface area contributed by atoms with Gasteiger partial charge in [0.1, 0.15) is 48.8 Å². The minimum absolute atomic E-state index is 0.133. The van der Waals surface area contributed by atoms with Crippen molar-refractivity contribution < 1.29 is 54.7 Å². The topological polar surface area (TPSA) is 179 Å². The Morgan fingerprint density at radius 2 is 1.31 bits per heavy atom. The SMILES string of the molecule is OCC1O[C@@H](O[C@@H]2C(CO)O[C@@H](OCCS)[C@@H](O)C2O)[C@@H](O)C(O)[C@@H]1O. The zero-order chi connectivity index (χ0) is 19.4. The first kappa shape index (κ1) is 22.2. The highest BCUT2D eigenvalue weighted by Gasteiger charge is 2.50. The first-order chi connectivity index (χ1) is 12.3. The third-order valence-electron chi connectivity index (χ3n) is 4.33. The fourth-order valence-corrected chi connectivity index (χ4v) is 2.97. The summed E-state index contributed by atoms with van der Waals surface area (Å²) < 4.78 is 21.2. The minimum Gasteiger partial charge on any atom is -0.394 e. The molecule has 10 atom stereocenters. The Hall–Kier alpha value is -0.0900. The van der Waals surface area contributed by atoms with E-state index < -0.39 is 74.6 Å². The summed E-state index contributed by atoms with van der Waals surface area (Å²) in [6.45, 7) is -1.12. The van der Waals surface area contributed by atoms with Crippen LogP contribution in [0.5, 0.6) is 0 Å². The number of ether oxygens (including phenoxy) is 4. The van der Waals surface area contributed by atoms with Crippen molar-refractivity contribution in [3.8, 4) is 0 Å². The van der Waals surface area contributed by atoms with Gasteiger partial charge in [-0.25, -0.2) is 0 Å². The van der Waals surface area contributed by atoms with Crippen molar-refractivity contribution in [1.29, 1.82) is 0 Å². The highest BCUT2D eigenvalue weighted by Crippen LogP contribution is 2.29. The lowest BCUT2D eigenvalue weighted by Gasteiger charge is -2.45. The van der Waals surface area contributed by atoms with Gasteiger partial charge in [-0.15, -0.1) is 0 Å². The van der Waals surface area contributed by atoms with Gasteiger partial charge in [0.05, 0.1) is 19.8 Å². The average molecular weight is 402 g/mol. The van der Waals surface area contributed by atoms with Crippen molar-refractivity contribution in [2.24, 2.45) is 0 Å². The average Bonchev–Trinajstić information content (AvgIpc) is 2.64. The zero-order valence-corrected chi connectivity index (χ0v) is 14.7. The molecule has 0 amide bonds. The first-order valence-corrected chi connectivity index (χ1v) is 8.79. The summed E-state index contributed by atoms with van der Waals surface area (Å²) in [5.41, 5.74) is 0. The summed E-state index contributed by atoms with van der Waals surface area (Å²) >= 11 is 3.96. The molecule has 0 saturated carbocycles. The van der Waals surface area contributed by atoms with Gasteiger partial charge in [-0.3, -0.25) is 0 Å². The van der Waals surface area contributed by atoms with E-state index in [9.17, 15) is 35.7 Å². The molecule has 0 bridgehead atoms. The Morgan fingerprint density at radius 3 is 1.88 bits per heavy atom. The molecule has 2 heterocycles. The van der Waals surface area contributed by atoms with Crippen LogP contribution in [0, 0.1) is 0 Å². The molecule has 2 rings (SSSR count). The van der Waals surface area contributed by atoms with E-state index in [0.717, 1.165) is 0 Å². The number of hydrogen-bond donors (Lipinski definition) is 8. The molecule has 0 aromatic carbocycles. The van der Waals surface area contributed by atoms with Crippen LogP contribution in [0.1, 0.15) is 0 Å². The van der Waals surface area contributed by atoms with Crippen LogP contribution in [0.25, 0.3) is 0 Å². The predicted molar refractivity (Wildman–Crippen MR) is 86.2 cm³/mol. The molecule has 7 N–H and O–H groups in total. The summed E-state index contributed by atoms with van der Waals surface area (Å²) in [5.74, 6) is 0.345. The van der Waals surface area contributed by atoms with E-state index in [1.165, 1.54) is 0 Å². The first-order valence-electron chi connectivity index (χ1n) is 8.16. The summed E-state index contributed by atoms with van der Waals surface area (Å²) in [7, 11) is 0. The van der Waals surface area contributed by atoms with Crippen molar-refractivity contribution in [1.82, 2.24) is 0 Å². The summed E-state index contributed by atoms with van der Waals surface area (Å²) in [4.78, 5) is 0. The van der Waals surface area contributed by atoms with E-state index in [1.807, 2.05) is 0 Å². The van der Waals surface area contributed by atoms with Gasteiger partial charge in [0.25, 0.3) is 0 Å². The molecule has 0 aromatic heterocycles. The lowest BCUT2D eigenvalue weighted by Crippen LogP contribution is -2.64. The normalized spacial score (nSPS) is 47.1. The number of hydrogen-bond acceptors (Lipinski definition) is 12. The Bertz CT molecular complexity index is 426. The standard InChI is InChI=1S/C14H26O11S/c15-3-5-7(17)8(18)10(20)14(23-5)25-12-6(4-16)24-13(22-1-2-26)11(21)9(12)19/h5-21,26H,1-4H2/t5?,6?,7-,8?,9?,10+,11+,12-,13-,14+/m1/s1. The van der Waals surface area contributed by atoms with Crippen LogP contribution < -0.4 is 0 Å². The maximum atomic E-state index is 10.3. The van der Waals surface area contributed by atoms with Crippen molar-refractivity contribution in [3.05, 3.63) is 0 Å². The second kappa shape index (κ2) is 9.91. The Labute approximate surface area is 155 Å². The van der Waals surface area contributed by atoms with Gasteiger partial charge in [0.15, 0.2) is 12.6 Å². The third kappa shape index (κ3) is 4.66. The molecular formula is C14H26O11S. The maximum absolute atomic E-state index is 10.3. The van der Waals surface area contributed by atoms with E-state index in [2.05, 4.69) is 12.6 Å². The molecule has 154 valence electrons. The summed E-state index contributed by atoms with van der Waals surface area (Å²) in [6, 6.07) is 0. The highest BCUT2D eigenvalue weighted by atomic mass is 32.1. The van der Waals surface area contributed by atoms with Gasteiger partial charge in [-0.2, -0.15) is 12.6 Å². The van der Waals surface area contributed by atoms with E-state index in [-0.39, 0.29) is 6.61 Å². The van der Waals surface area contributed by atoms with E-state index in [1.54, 1.807) is 0 Å².